The lowest BCUT2D eigenvalue weighted by Gasteiger charge is -1.89. The van der Waals surface area contributed by atoms with Crippen LogP contribution in [0, 0.1) is 0 Å². The molecule has 0 saturated heterocycles. The van der Waals surface area contributed by atoms with E-state index in [0.717, 1.165) is 0 Å². The first-order valence-electron chi connectivity index (χ1n) is 1.98. The van der Waals surface area contributed by atoms with Gasteiger partial charge in [-0.15, -0.1) is 0 Å². The van der Waals surface area contributed by atoms with Crippen molar-refractivity contribution in [2.45, 2.75) is 0 Å². The Hall–Kier alpha value is -1.46. The third-order valence-electron chi connectivity index (χ3n) is 0.617. The van der Waals surface area contributed by atoms with Gasteiger partial charge in [-0.2, -0.15) is 8.78 Å². The van der Waals surface area contributed by atoms with E-state index >= 15 is 0 Å². The highest BCUT2D eigenvalue weighted by atomic mass is 19.3. The van der Waals surface area contributed by atoms with Crippen LogP contribution in [0.3, 0.4) is 0 Å². The summed E-state index contributed by atoms with van der Waals surface area (Å²) in [4.78, 5) is 19.3. The highest BCUT2D eigenvalue weighted by molar-refractivity contribution is 6.12. The van der Waals surface area contributed by atoms with E-state index in [9.17, 15) is 18.4 Å². The fourth-order valence-electron chi connectivity index (χ4n) is 0.253. The predicted octanol–water partition coefficient (Wildman–Crippen LogP) is 0.306. The summed E-state index contributed by atoms with van der Waals surface area (Å²) in [6.45, 7) is 0. The van der Waals surface area contributed by atoms with Crippen LogP contribution in [0.15, 0.2) is 11.7 Å². The molecule has 0 fully saturated rings. The fraction of sp³-hybridized carbons (Fsp3) is 0. The SMILES string of the molecule is O=C(O)C(C(=O)O)=C(F)F. The van der Waals surface area contributed by atoms with Gasteiger partial charge in [0.05, 0.1) is 0 Å². The summed E-state index contributed by atoms with van der Waals surface area (Å²) >= 11 is 0. The smallest absolute Gasteiger partial charge is 0.348 e. The first-order chi connectivity index (χ1) is 4.46. The molecule has 0 rings (SSSR count). The van der Waals surface area contributed by atoms with E-state index in [4.69, 9.17) is 10.2 Å². The van der Waals surface area contributed by atoms with E-state index in [1.807, 2.05) is 0 Å². The Balaban J connectivity index is 4.79. The van der Waals surface area contributed by atoms with Gasteiger partial charge in [0.2, 0.25) is 5.57 Å². The molecule has 0 radical (unpaired) electrons. The molecule has 0 atom stereocenters. The van der Waals surface area contributed by atoms with Crippen molar-refractivity contribution >= 4 is 11.9 Å². The molecular formula is C4H2F2O4. The Labute approximate surface area is 53.4 Å². The van der Waals surface area contributed by atoms with Crippen molar-refractivity contribution in [1.82, 2.24) is 0 Å². The molecule has 6 heteroatoms. The van der Waals surface area contributed by atoms with Gasteiger partial charge in [-0.1, -0.05) is 0 Å². The van der Waals surface area contributed by atoms with Crippen LogP contribution in [-0.2, 0) is 9.59 Å². The van der Waals surface area contributed by atoms with Crippen LogP contribution in [0.5, 0.6) is 0 Å². The Bertz CT molecular complexity index is 187. The molecule has 0 aliphatic rings. The minimum atomic E-state index is -2.71. The molecule has 10 heavy (non-hydrogen) atoms. The normalized spacial score (nSPS) is 8.60. The maximum atomic E-state index is 11.3. The quantitative estimate of drug-likeness (QED) is 0.339. The van der Waals surface area contributed by atoms with Crippen molar-refractivity contribution in [1.29, 1.82) is 0 Å². The number of aliphatic carboxylic acids is 2. The molecule has 0 spiro atoms. The number of carboxylic acid groups (broad SMARTS) is 2. The van der Waals surface area contributed by atoms with Gasteiger partial charge < -0.3 is 10.2 Å². The summed E-state index contributed by atoms with van der Waals surface area (Å²) in [5, 5.41) is 15.6. The van der Waals surface area contributed by atoms with E-state index in [1.165, 1.54) is 0 Å². The monoisotopic (exact) mass is 152 g/mol. The molecule has 0 saturated carbocycles. The topological polar surface area (TPSA) is 74.6 Å². The molecule has 0 aliphatic carbocycles. The number of hydrogen-bond acceptors (Lipinski definition) is 2. The van der Waals surface area contributed by atoms with Crippen molar-refractivity contribution in [2.75, 3.05) is 0 Å². The number of halogens is 2. The van der Waals surface area contributed by atoms with Gasteiger partial charge >= 0.3 is 11.9 Å². The molecule has 0 aromatic heterocycles. The molecule has 0 unspecified atom stereocenters. The van der Waals surface area contributed by atoms with E-state index in [0.29, 0.717) is 0 Å². The van der Waals surface area contributed by atoms with Crippen LogP contribution < -0.4 is 0 Å². The predicted molar refractivity (Wildman–Crippen MR) is 24.5 cm³/mol. The summed E-state index contributed by atoms with van der Waals surface area (Å²) < 4.78 is 22.6. The van der Waals surface area contributed by atoms with Gasteiger partial charge in [0, 0.05) is 0 Å². The van der Waals surface area contributed by atoms with Crippen LogP contribution in [0.2, 0.25) is 0 Å². The Morgan fingerprint density at radius 3 is 1.30 bits per heavy atom. The zero-order valence-corrected chi connectivity index (χ0v) is 4.47. The first kappa shape index (κ1) is 8.54. The van der Waals surface area contributed by atoms with E-state index in [1.54, 1.807) is 0 Å². The first-order valence-corrected chi connectivity index (χ1v) is 1.98. The minimum absolute atomic E-state index is 1.89. The van der Waals surface area contributed by atoms with Crippen molar-refractivity contribution in [3.05, 3.63) is 11.7 Å². The van der Waals surface area contributed by atoms with Gasteiger partial charge in [0.1, 0.15) is 0 Å². The average molecular weight is 152 g/mol. The van der Waals surface area contributed by atoms with E-state index in [2.05, 4.69) is 0 Å². The molecule has 0 heterocycles. The molecule has 0 aromatic carbocycles. The highest BCUT2D eigenvalue weighted by Gasteiger charge is 2.22. The van der Waals surface area contributed by atoms with Crippen LogP contribution >= 0.6 is 0 Å². The van der Waals surface area contributed by atoms with Gasteiger partial charge in [0.15, 0.2) is 0 Å². The van der Waals surface area contributed by atoms with Gasteiger partial charge in [0.25, 0.3) is 6.08 Å². The summed E-state index contributed by atoms with van der Waals surface area (Å²) in [6.07, 6.45) is -2.71. The number of carbonyl (C=O) groups is 2. The number of carboxylic acids is 2. The Morgan fingerprint density at radius 2 is 1.30 bits per heavy atom. The van der Waals surface area contributed by atoms with Gasteiger partial charge in [-0.3, -0.25) is 0 Å². The second kappa shape index (κ2) is 2.90. The maximum Gasteiger partial charge on any atom is 0.348 e. The molecule has 0 aliphatic heterocycles. The van der Waals surface area contributed by atoms with Crippen molar-refractivity contribution in [3.63, 3.8) is 0 Å². The van der Waals surface area contributed by atoms with Gasteiger partial charge in [-0.05, 0) is 0 Å². The fourth-order valence-corrected chi connectivity index (χ4v) is 0.253. The van der Waals surface area contributed by atoms with Crippen LogP contribution in [0.1, 0.15) is 0 Å². The van der Waals surface area contributed by atoms with Crippen LogP contribution in [0.4, 0.5) is 8.78 Å². The zero-order chi connectivity index (χ0) is 8.31. The summed E-state index contributed by atoms with van der Waals surface area (Å²) in [6, 6.07) is 0. The Morgan fingerprint density at radius 1 is 1.00 bits per heavy atom. The largest absolute Gasteiger partial charge is 0.477 e. The highest BCUT2D eigenvalue weighted by Crippen LogP contribution is 2.07. The second-order valence-electron chi connectivity index (χ2n) is 1.25. The maximum absolute atomic E-state index is 11.3. The molecule has 2 N–H and O–H groups in total. The van der Waals surface area contributed by atoms with Crippen LogP contribution in [-0.4, -0.2) is 22.2 Å². The molecular weight excluding hydrogens is 150 g/mol. The third kappa shape index (κ3) is 1.81. The molecule has 0 bridgehead atoms. The lowest BCUT2D eigenvalue weighted by atomic mass is 10.3. The standard InChI is InChI=1S/C4H2F2O4/c5-2(6)1(3(7)8)4(9)10/h(H,7,8)(H,9,10). The van der Waals surface area contributed by atoms with Crippen LogP contribution in [0.25, 0.3) is 0 Å². The number of rotatable bonds is 2. The number of hydrogen-bond donors (Lipinski definition) is 2. The third-order valence-corrected chi connectivity index (χ3v) is 0.617. The lowest BCUT2D eigenvalue weighted by molar-refractivity contribution is -0.140. The summed E-state index contributed by atoms with van der Waals surface area (Å²) in [7, 11) is 0. The van der Waals surface area contributed by atoms with E-state index < -0.39 is 23.6 Å². The molecule has 56 valence electrons. The molecule has 4 nitrogen and oxygen atoms in total. The van der Waals surface area contributed by atoms with Crippen molar-refractivity contribution in [2.24, 2.45) is 0 Å². The zero-order valence-electron chi connectivity index (χ0n) is 4.47. The Kier molecular flexibility index (Phi) is 2.48. The molecule has 0 amide bonds. The van der Waals surface area contributed by atoms with Crippen molar-refractivity contribution in [3.8, 4) is 0 Å². The van der Waals surface area contributed by atoms with Gasteiger partial charge in [-0.25, -0.2) is 9.59 Å². The second-order valence-corrected chi connectivity index (χ2v) is 1.25. The molecule has 0 aromatic rings. The summed E-state index contributed by atoms with van der Waals surface area (Å²) in [5.41, 5.74) is -1.89. The average Bonchev–Trinajstić information content (AvgIpc) is 1.59. The van der Waals surface area contributed by atoms with E-state index in [-0.39, 0.29) is 0 Å². The minimum Gasteiger partial charge on any atom is -0.477 e. The lowest BCUT2D eigenvalue weighted by Crippen LogP contribution is -2.11. The summed E-state index contributed by atoms with van der Waals surface area (Å²) in [5.74, 6) is -4.29. The van der Waals surface area contributed by atoms with Crippen molar-refractivity contribution < 1.29 is 28.6 Å².